The number of nitrogens with zero attached hydrogens (tertiary/aromatic N) is 2. The van der Waals surface area contributed by atoms with Gasteiger partial charge < -0.3 is 24.4 Å². The third kappa shape index (κ3) is 5.62. The number of halogens is 1. The number of amides is 1. The van der Waals surface area contributed by atoms with Crippen molar-refractivity contribution in [2.24, 2.45) is 10.7 Å². The Morgan fingerprint density at radius 1 is 1.26 bits per heavy atom. The van der Waals surface area contributed by atoms with Crippen LogP contribution in [0, 0.1) is 0 Å². The number of hydrogen-bond donors (Lipinski definition) is 1. The maximum atomic E-state index is 13.4. The largest absolute Gasteiger partial charge is 0.460 e. The Hall–Kier alpha value is -3.04. The summed E-state index contributed by atoms with van der Waals surface area (Å²) in [6.07, 6.45) is 4.32. The molecule has 0 saturated carbocycles. The van der Waals surface area contributed by atoms with Crippen molar-refractivity contribution < 1.29 is 28.2 Å². The van der Waals surface area contributed by atoms with E-state index in [-0.39, 0.29) is 47.4 Å². The van der Waals surface area contributed by atoms with Gasteiger partial charge in [-0.1, -0.05) is 18.5 Å². The fourth-order valence-electron chi connectivity index (χ4n) is 4.23. The van der Waals surface area contributed by atoms with Gasteiger partial charge in [0.15, 0.2) is 5.58 Å². The van der Waals surface area contributed by atoms with E-state index < -0.39 is 12.1 Å². The van der Waals surface area contributed by atoms with Crippen molar-refractivity contribution >= 4 is 52.1 Å². The number of allylic oxidation sites excluding steroid dienone is 1. The Balaban J connectivity index is 2.31. The quantitative estimate of drug-likeness (QED) is 0.388. The lowest BCUT2D eigenvalue weighted by molar-refractivity contribution is 0.00465. The van der Waals surface area contributed by atoms with Gasteiger partial charge in [0.1, 0.15) is 5.69 Å². The summed E-state index contributed by atoms with van der Waals surface area (Å²) < 4.78 is 22.5. The molecule has 9 nitrogen and oxygen atoms in total. The molecule has 35 heavy (non-hydrogen) atoms. The fraction of sp³-hybridized carbons (Fsp3) is 0.480. The second kappa shape index (κ2) is 12.1. The maximum Gasteiger partial charge on any atom is 0.414 e. The number of furan rings is 1. The molecule has 1 aromatic heterocycles. The van der Waals surface area contributed by atoms with Gasteiger partial charge in [-0.2, -0.15) is 0 Å². The van der Waals surface area contributed by atoms with Crippen molar-refractivity contribution in [3.05, 3.63) is 34.7 Å². The average Bonchev–Trinajstić information content (AvgIpc) is 3.23. The van der Waals surface area contributed by atoms with E-state index >= 15 is 0 Å². The molecule has 2 aromatic rings. The highest BCUT2D eigenvalue weighted by Crippen LogP contribution is 2.42. The number of aliphatic imine (C=N–C) groups is 1. The highest BCUT2D eigenvalue weighted by molar-refractivity contribution is 6.36. The lowest BCUT2D eigenvalue weighted by Crippen LogP contribution is -2.46. The first kappa shape index (κ1) is 26.6. The molecule has 2 atom stereocenters. The standard InChI is InChI=1S/C25H32ClN3O6/c1-5-18-12-17(8-9-34-18)29(25(31)33-7-3)21-19-10-15(16(13-27)14-28-4)11-20(26)22(19)35-23(21)24(30)32-6-2/h10-11,13-14,17-18H,5-9,12,27H2,1-4H3/t17-,18-/m0/s1. The first-order valence-electron chi connectivity index (χ1n) is 11.7. The third-order valence-electron chi connectivity index (χ3n) is 5.83. The normalized spacial score (nSPS) is 18.7. The molecule has 1 saturated heterocycles. The van der Waals surface area contributed by atoms with Gasteiger partial charge in [0.05, 0.1) is 24.3 Å². The summed E-state index contributed by atoms with van der Waals surface area (Å²) in [6.45, 7) is 6.23. The van der Waals surface area contributed by atoms with Crippen molar-refractivity contribution in [2.75, 3.05) is 31.8 Å². The molecule has 0 radical (unpaired) electrons. The topological polar surface area (TPSA) is 117 Å². The minimum Gasteiger partial charge on any atom is -0.460 e. The van der Waals surface area contributed by atoms with Crippen molar-refractivity contribution in [3.8, 4) is 0 Å². The van der Waals surface area contributed by atoms with Crippen molar-refractivity contribution in [2.45, 2.75) is 52.2 Å². The molecule has 1 amide bonds. The summed E-state index contributed by atoms with van der Waals surface area (Å²) in [7, 11) is 1.63. The molecule has 1 aromatic carbocycles. The number of fused-ring (bicyclic) bond motifs is 1. The van der Waals surface area contributed by atoms with E-state index in [1.165, 1.54) is 11.1 Å². The molecule has 1 aliphatic heterocycles. The zero-order chi connectivity index (χ0) is 25.5. The Bertz CT molecular complexity index is 1130. The number of nitrogens with two attached hydrogens (primary N) is 1. The number of esters is 1. The smallest absolute Gasteiger partial charge is 0.414 e. The van der Waals surface area contributed by atoms with Crippen LogP contribution in [0.1, 0.15) is 56.2 Å². The average molecular weight is 506 g/mol. The van der Waals surface area contributed by atoms with E-state index in [9.17, 15) is 9.59 Å². The van der Waals surface area contributed by atoms with Gasteiger partial charge in [0.25, 0.3) is 0 Å². The second-order valence-electron chi connectivity index (χ2n) is 7.99. The highest BCUT2D eigenvalue weighted by atomic mass is 35.5. The Morgan fingerprint density at radius 3 is 2.63 bits per heavy atom. The minimum absolute atomic E-state index is 0.0263. The van der Waals surface area contributed by atoms with Crippen LogP contribution in [0.15, 0.2) is 27.7 Å². The van der Waals surface area contributed by atoms with Gasteiger partial charge in [0.2, 0.25) is 5.76 Å². The van der Waals surface area contributed by atoms with Crippen molar-refractivity contribution in [1.82, 2.24) is 0 Å². The molecule has 0 unspecified atom stereocenters. The predicted molar refractivity (Wildman–Crippen MR) is 136 cm³/mol. The summed E-state index contributed by atoms with van der Waals surface area (Å²) >= 11 is 6.59. The Kier molecular flexibility index (Phi) is 9.17. The second-order valence-corrected chi connectivity index (χ2v) is 8.40. The molecule has 3 rings (SSSR count). The molecule has 0 bridgehead atoms. The van der Waals surface area contributed by atoms with Crippen LogP contribution in [-0.2, 0) is 14.2 Å². The lowest BCUT2D eigenvalue weighted by Gasteiger charge is -2.36. The summed E-state index contributed by atoms with van der Waals surface area (Å²) in [6, 6.07) is 3.15. The molecule has 1 aliphatic rings. The first-order valence-corrected chi connectivity index (χ1v) is 12.1. The number of hydrogen-bond acceptors (Lipinski definition) is 8. The molecular formula is C25H32ClN3O6. The van der Waals surface area contributed by atoms with Crippen LogP contribution < -0.4 is 10.6 Å². The Labute approximate surface area is 209 Å². The first-order chi connectivity index (χ1) is 16.9. The van der Waals surface area contributed by atoms with Crippen molar-refractivity contribution in [3.63, 3.8) is 0 Å². The monoisotopic (exact) mass is 505 g/mol. The van der Waals surface area contributed by atoms with Gasteiger partial charge in [0, 0.05) is 43.1 Å². The van der Waals surface area contributed by atoms with Crippen LogP contribution in [-0.4, -0.2) is 57.3 Å². The fourth-order valence-corrected chi connectivity index (χ4v) is 4.49. The predicted octanol–water partition coefficient (Wildman–Crippen LogP) is 5.18. The van der Waals surface area contributed by atoms with Gasteiger partial charge in [-0.05, 0) is 50.8 Å². The van der Waals surface area contributed by atoms with E-state index in [2.05, 4.69) is 4.99 Å². The number of benzene rings is 1. The van der Waals surface area contributed by atoms with Crippen molar-refractivity contribution in [1.29, 1.82) is 0 Å². The van der Waals surface area contributed by atoms with E-state index in [0.717, 1.165) is 6.42 Å². The minimum atomic E-state index is -0.700. The van der Waals surface area contributed by atoms with Crippen LogP contribution in [0.4, 0.5) is 10.5 Å². The molecule has 1 fully saturated rings. The number of carbonyl (C=O) groups is 2. The summed E-state index contributed by atoms with van der Waals surface area (Å²) in [5, 5.41) is 0.715. The molecule has 2 heterocycles. The molecule has 0 spiro atoms. The SMILES string of the molecule is CCOC(=O)c1oc2c(Cl)cc(C(C=NC)=CN)cc2c1N(C(=O)OCC)[C@H]1CCO[C@@H](CC)C1. The third-order valence-corrected chi connectivity index (χ3v) is 6.11. The van der Waals surface area contributed by atoms with Gasteiger partial charge in [-0.25, -0.2) is 9.59 Å². The number of ether oxygens (including phenoxy) is 3. The van der Waals surface area contributed by atoms with Crippen LogP contribution in [0.3, 0.4) is 0 Å². The molecule has 10 heteroatoms. The number of anilines is 1. The van der Waals surface area contributed by atoms with Gasteiger partial charge in [-0.3, -0.25) is 9.89 Å². The number of rotatable bonds is 8. The summed E-state index contributed by atoms with van der Waals surface area (Å²) in [4.78, 5) is 31.9. The lowest BCUT2D eigenvalue weighted by atomic mass is 9.98. The van der Waals surface area contributed by atoms with Gasteiger partial charge >= 0.3 is 12.1 Å². The van der Waals surface area contributed by atoms with Crippen LogP contribution >= 0.6 is 11.6 Å². The van der Waals surface area contributed by atoms with E-state index in [1.54, 1.807) is 39.2 Å². The summed E-state index contributed by atoms with van der Waals surface area (Å²) in [5.74, 6) is -0.814. The van der Waals surface area contributed by atoms with E-state index in [1.807, 2.05) is 6.92 Å². The van der Waals surface area contributed by atoms with Gasteiger partial charge in [-0.15, -0.1) is 0 Å². The van der Waals surface area contributed by atoms with Crippen LogP contribution in [0.5, 0.6) is 0 Å². The Morgan fingerprint density at radius 2 is 2.00 bits per heavy atom. The number of carbonyl (C=O) groups excluding carboxylic acids is 2. The molecule has 0 aliphatic carbocycles. The van der Waals surface area contributed by atoms with Crippen LogP contribution in [0.25, 0.3) is 16.5 Å². The molecule has 2 N–H and O–H groups in total. The van der Waals surface area contributed by atoms with Crippen LogP contribution in [0.2, 0.25) is 5.02 Å². The zero-order valence-corrected chi connectivity index (χ0v) is 21.3. The highest BCUT2D eigenvalue weighted by Gasteiger charge is 2.38. The zero-order valence-electron chi connectivity index (χ0n) is 20.5. The molecule has 190 valence electrons. The molecular weight excluding hydrogens is 474 g/mol. The summed E-state index contributed by atoms with van der Waals surface area (Å²) in [5.41, 5.74) is 7.59. The maximum absolute atomic E-state index is 13.4. The van der Waals surface area contributed by atoms with E-state index in [4.69, 9.17) is 36.0 Å². The van der Waals surface area contributed by atoms with E-state index in [0.29, 0.717) is 36.0 Å².